The van der Waals surface area contributed by atoms with E-state index in [1.54, 1.807) is 0 Å². The van der Waals surface area contributed by atoms with Crippen molar-refractivity contribution in [2.24, 2.45) is 0 Å². The van der Waals surface area contributed by atoms with Gasteiger partial charge in [-0.15, -0.1) is 11.6 Å². The number of halogens is 1. The summed E-state index contributed by atoms with van der Waals surface area (Å²) in [6, 6.07) is 2.26. The molecule has 1 aromatic heterocycles. The van der Waals surface area contributed by atoms with Gasteiger partial charge in [0.05, 0.1) is 10.2 Å². The fraction of sp³-hybridized carbons (Fsp3) is 0.444. The summed E-state index contributed by atoms with van der Waals surface area (Å²) in [6.07, 6.45) is 0. The molecule has 8 heteroatoms. The van der Waals surface area contributed by atoms with Crippen molar-refractivity contribution in [1.29, 1.82) is 0 Å². The molecule has 0 aliphatic rings. The molecule has 0 aliphatic heterocycles. The molecule has 1 heterocycles. The molecule has 17 heavy (non-hydrogen) atoms. The van der Waals surface area contributed by atoms with E-state index in [-0.39, 0.29) is 22.3 Å². The average molecular weight is 279 g/mol. The van der Waals surface area contributed by atoms with Gasteiger partial charge in [0.25, 0.3) is 5.69 Å². The van der Waals surface area contributed by atoms with E-state index in [0.717, 1.165) is 12.1 Å². The smallest absolute Gasteiger partial charge is 0.258 e. The van der Waals surface area contributed by atoms with Crippen molar-refractivity contribution in [1.82, 2.24) is 4.98 Å². The van der Waals surface area contributed by atoms with E-state index in [1.165, 1.54) is 13.8 Å². The van der Waals surface area contributed by atoms with Gasteiger partial charge < -0.3 is 0 Å². The first-order valence-electron chi connectivity index (χ1n) is 4.72. The van der Waals surface area contributed by atoms with Gasteiger partial charge in [-0.3, -0.25) is 10.1 Å². The number of hydrogen-bond acceptors (Lipinski definition) is 5. The Balaban J connectivity index is 3.28. The number of rotatable bonds is 4. The molecule has 1 aromatic rings. The number of alkyl halides is 1. The Kier molecular flexibility index (Phi) is 4.05. The summed E-state index contributed by atoms with van der Waals surface area (Å²) >= 11 is 5.49. The van der Waals surface area contributed by atoms with E-state index >= 15 is 0 Å². The molecule has 1 atom stereocenters. The van der Waals surface area contributed by atoms with Gasteiger partial charge >= 0.3 is 0 Å². The fourth-order valence-electron chi connectivity index (χ4n) is 1.17. The highest BCUT2D eigenvalue weighted by atomic mass is 35.5. The fourth-order valence-corrected chi connectivity index (χ4v) is 2.77. The Hall–Kier alpha value is -1.21. The van der Waals surface area contributed by atoms with Crippen LogP contribution in [0.2, 0.25) is 0 Å². The number of nitro groups is 1. The number of nitrogens with zero attached hydrogens (tertiary/aromatic N) is 2. The highest BCUT2D eigenvalue weighted by Crippen LogP contribution is 2.21. The SMILES string of the molecule is Cc1nc(S(=O)(=O)C(C)CCl)ccc1[N+](=O)[O-]. The van der Waals surface area contributed by atoms with Crippen molar-refractivity contribution in [2.75, 3.05) is 5.88 Å². The molecule has 0 saturated carbocycles. The number of pyridine rings is 1. The minimum absolute atomic E-state index is 0.0555. The van der Waals surface area contributed by atoms with Crippen molar-refractivity contribution in [3.8, 4) is 0 Å². The van der Waals surface area contributed by atoms with Crippen molar-refractivity contribution in [2.45, 2.75) is 24.1 Å². The van der Waals surface area contributed by atoms with Gasteiger partial charge in [0.15, 0.2) is 14.9 Å². The molecule has 0 spiro atoms. The quantitative estimate of drug-likeness (QED) is 0.475. The number of aryl methyl sites for hydroxylation is 1. The van der Waals surface area contributed by atoms with E-state index in [9.17, 15) is 18.5 Å². The van der Waals surface area contributed by atoms with Crippen LogP contribution in [0.15, 0.2) is 17.2 Å². The van der Waals surface area contributed by atoms with Crippen molar-refractivity contribution in [3.05, 3.63) is 27.9 Å². The lowest BCUT2D eigenvalue weighted by atomic mass is 10.3. The zero-order valence-corrected chi connectivity index (χ0v) is 10.8. The van der Waals surface area contributed by atoms with E-state index < -0.39 is 20.0 Å². The van der Waals surface area contributed by atoms with Crippen LogP contribution in [0, 0.1) is 17.0 Å². The van der Waals surface area contributed by atoms with Gasteiger partial charge in [-0.05, 0) is 19.9 Å². The number of sulfone groups is 1. The molecule has 0 amide bonds. The Morgan fingerprint density at radius 1 is 1.53 bits per heavy atom. The lowest BCUT2D eigenvalue weighted by Gasteiger charge is -2.09. The van der Waals surface area contributed by atoms with Crippen molar-refractivity contribution < 1.29 is 13.3 Å². The lowest BCUT2D eigenvalue weighted by molar-refractivity contribution is -0.385. The van der Waals surface area contributed by atoms with Crippen LogP contribution < -0.4 is 0 Å². The maximum atomic E-state index is 11.9. The molecule has 0 saturated heterocycles. The Morgan fingerprint density at radius 3 is 2.53 bits per heavy atom. The van der Waals surface area contributed by atoms with E-state index in [1.807, 2.05) is 0 Å². The van der Waals surface area contributed by atoms with E-state index in [2.05, 4.69) is 4.98 Å². The first-order chi connectivity index (χ1) is 7.80. The van der Waals surface area contributed by atoms with Crippen LogP contribution in [0.25, 0.3) is 0 Å². The number of hydrogen-bond donors (Lipinski definition) is 0. The standard InChI is InChI=1S/C9H11ClN2O4S/c1-6(5-10)17(15,16)9-4-3-8(12(13)14)7(2)11-9/h3-4,6H,5H2,1-2H3. The topological polar surface area (TPSA) is 90.2 Å². The van der Waals surface area contributed by atoms with Gasteiger partial charge in [-0.25, -0.2) is 13.4 Å². The van der Waals surface area contributed by atoms with Crippen LogP contribution in [0.3, 0.4) is 0 Å². The summed E-state index contributed by atoms with van der Waals surface area (Å²) < 4.78 is 23.8. The minimum Gasteiger partial charge on any atom is -0.258 e. The predicted molar refractivity (Wildman–Crippen MR) is 63.0 cm³/mol. The van der Waals surface area contributed by atoms with Crippen LogP contribution in [-0.4, -0.2) is 29.5 Å². The van der Waals surface area contributed by atoms with E-state index in [4.69, 9.17) is 11.6 Å². The molecule has 0 aliphatic carbocycles. The van der Waals surface area contributed by atoms with Gasteiger partial charge in [0.1, 0.15) is 5.69 Å². The molecular weight excluding hydrogens is 268 g/mol. The third-order valence-corrected chi connectivity index (χ3v) is 4.95. The second kappa shape index (κ2) is 4.97. The van der Waals surface area contributed by atoms with Crippen LogP contribution in [0.5, 0.6) is 0 Å². The summed E-state index contributed by atoms with van der Waals surface area (Å²) in [7, 11) is -3.62. The third kappa shape index (κ3) is 2.73. The Bertz CT molecular complexity index is 544. The molecule has 1 unspecified atom stereocenters. The molecule has 94 valence electrons. The highest BCUT2D eigenvalue weighted by Gasteiger charge is 2.25. The molecule has 1 rings (SSSR count). The minimum atomic E-state index is -3.62. The van der Waals surface area contributed by atoms with Gasteiger partial charge in [-0.1, -0.05) is 0 Å². The van der Waals surface area contributed by atoms with Crippen LogP contribution in [0.4, 0.5) is 5.69 Å². The molecule has 0 radical (unpaired) electrons. The second-order valence-electron chi connectivity index (χ2n) is 3.52. The maximum Gasteiger partial charge on any atom is 0.290 e. The lowest BCUT2D eigenvalue weighted by Crippen LogP contribution is -2.20. The Morgan fingerprint density at radius 2 is 2.12 bits per heavy atom. The van der Waals surface area contributed by atoms with Crippen molar-refractivity contribution >= 4 is 27.1 Å². The number of aromatic nitrogens is 1. The summed E-state index contributed by atoms with van der Waals surface area (Å²) in [5.41, 5.74) is -0.139. The first-order valence-corrected chi connectivity index (χ1v) is 6.80. The van der Waals surface area contributed by atoms with Gasteiger partial charge in [0.2, 0.25) is 0 Å². The molecular formula is C9H11ClN2O4S. The molecule has 0 fully saturated rings. The normalized spacial score (nSPS) is 13.4. The summed E-state index contributed by atoms with van der Waals surface area (Å²) in [5.74, 6) is -0.0555. The zero-order chi connectivity index (χ0) is 13.2. The van der Waals surface area contributed by atoms with Crippen LogP contribution in [-0.2, 0) is 9.84 Å². The molecule has 0 bridgehead atoms. The van der Waals surface area contributed by atoms with E-state index in [0.29, 0.717) is 0 Å². The first kappa shape index (κ1) is 13.9. The molecule has 0 N–H and O–H groups in total. The third-order valence-electron chi connectivity index (χ3n) is 2.27. The monoisotopic (exact) mass is 278 g/mol. The average Bonchev–Trinajstić information content (AvgIpc) is 2.27. The Labute approximate surface area is 104 Å². The molecule has 6 nitrogen and oxygen atoms in total. The zero-order valence-electron chi connectivity index (χ0n) is 9.25. The summed E-state index contributed by atoms with van der Waals surface area (Å²) in [6.45, 7) is 2.85. The molecule has 0 aromatic carbocycles. The maximum absolute atomic E-state index is 11.9. The second-order valence-corrected chi connectivity index (χ2v) is 6.14. The van der Waals surface area contributed by atoms with Gasteiger partial charge in [0, 0.05) is 11.9 Å². The summed E-state index contributed by atoms with van der Waals surface area (Å²) in [5, 5.41) is 9.60. The van der Waals surface area contributed by atoms with Crippen LogP contribution in [0.1, 0.15) is 12.6 Å². The highest BCUT2D eigenvalue weighted by molar-refractivity contribution is 7.92. The van der Waals surface area contributed by atoms with Gasteiger partial charge in [-0.2, -0.15) is 0 Å². The van der Waals surface area contributed by atoms with Crippen LogP contribution >= 0.6 is 11.6 Å². The summed E-state index contributed by atoms with van der Waals surface area (Å²) in [4.78, 5) is 13.7. The predicted octanol–water partition coefficient (Wildman–Crippen LogP) is 1.70. The van der Waals surface area contributed by atoms with Crippen molar-refractivity contribution in [3.63, 3.8) is 0 Å². The largest absolute Gasteiger partial charge is 0.290 e.